The molecule has 1 atom stereocenters. The zero-order chi connectivity index (χ0) is 14.5. The van der Waals surface area contributed by atoms with Gasteiger partial charge in [-0.05, 0) is 18.6 Å². The maximum atomic E-state index is 11.9. The lowest BCUT2D eigenvalue weighted by Gasteiger charge is -2.19. The molecule has 0 aliphatic rings. The fourth-order valence-electron chi connectivity index (χ4n) is 1.26. The lowest BCUT2D eigenvalue weighted by Crippen LogP contribution is -2.39. The highest BCUT2D eigenvalue weighted by atomic mass is 79.9. The maximum Gasteiger partial charge on any atom is 0.441 e. The molecule has 3 nitrogen and oxygen atoms in total. The van der Waals surface area contributed by atoms with E-state index < -0.39 is 17.5 Å². The van der Waals surface area contributed by atoms with Crippen molar-refractivity contribution in [1.82, 2.24) is 0 Å². The molecule has 0 aliphatic carbocycles. The number of hydrogen-bond donors (Lipinski definition) is 1. The first-order valence-corrected chi connectivity index (χ1v) is 7.02. The molecule has 2 N–H and O–H groups in total. The molecule has 19 heavy (non-hydrogen) atoms. The van der Waals surface area contributed by atoms with E-state index in [0.29, 0.717) is 5.69 Å². The number of para-hydroxylation sites is 1. The van der Waals surface area contributed by atoms with Crippen LogP contribution in [0, 0.1) is 0 Å². The van der Waals surface area contributed by atoms with Crippen LogP contribution in [0.5, 0.6) is 0 Å². The van der Waals surface area contributed by atoms with Gasteiger partial charge in [0.1, 0.15) is 0 Å². The number of rotatable bonds is 5. The molecule has 1 aromatic carbocycles. The van der Waals surface area contributed by atoms with Gasteiger partial charge >= 0.3 is 5.51 Å². The lowest BCUT2D eigenvalue weighted by atomic mass is 10.2. The average molecular weight is 357 g/mol. The van der Waals surface area contributed by atoms with Gasteiger partial charge in [-0.3, -0.25) is 4.79 Å². The van der Waals surface area contributed by atoms with Gasteiger partial charge in [-0.25, -0.2) is 3.93 Å². The van der Waals surface area contributed by atoms with E-state index in [9.17, 15) is 18.0 Å². The van der Waals surface area contributed by atoms with Crippen LogP contribution >= 0.6 is 27.9 Å². The smallest absolute Gasteiger partial charge is 0.320 e. The van der Waals surface area contributed by atoms with Gasteiger partial charge in [0.2, 0.25) is 0 Å². The van der Waals surface area contributed by atoms with Crippen molar-refractivity contribution in [3.05, 3.63) is 30.3 Å². The normalized spacial score (nSPS) is 13.1. The molecule has 0 aliphatic heterocycles. The first kappa shape index (κ1) is 16.3. The number of benzene rings is 1. The molecule has 1 aromatic rings. The number of carbonyl (C=O) groups is 1. The Kier molecular flexibility index (Phi) is 6.15. The van der Waals surface area contributed by atoms with Gasteiger partial charge in [0, 0.05) is 5.75 Å². The summed E-state index contributed by atoms with van der Waals surface area (Å²) in [5, 5.41) is 0. The Balaban J connectivity index is 2.48. The first-order chi connectivity index (χ1) is 8.81. The minimum Gasteiger partial charge on any atom is -0.320 e. The summed E-state index contributed by atoms with van der Waals surface area (Å²) in [5.41, 5.74) is 1.86. The Bertz CT molecular complexity index is 416. The summed E-state index contributed by atoms with van der Waals surface area (Å²) in [6, 6.07) is 7.65. The molecule has 0 saturated heterocycles. The van der Waals surface area contributed by atoms with Gasteiger partial charge in [-0.1, -0.05) is 30.0 Å². The van der Waals surface area contributed by atoms with E-state index in [1.165, 1.54) is 0 Å². The molecule has 0 heterocycles. The molecule has 1 rings (SSSR count). The Morgan fingerprint density at radius 3 is 2.47 bits per heavy atom. The number of nitrogens with zero attached hydrogens (tertiary/aromatic N) is 1. The van der Waals surface area contributed by atoms with E-state index in [-0.39, 0.29) is 23.9 Å². The van der Waals surface area contributed by atoms with E-state index >= 15 is 0 Å². The number of nitrogens with two attached hydrogens (primary N) is 1. The van der Waals surface area contributed by atoms with Gasteiger partial charge in [0.05, 0.1) is 27.9 Å². The van der Waals surface area contributed by atoms with Crippen molar-refractivity contribution in [3.63, 3.8) is 0 Å². The topological polar surface area (TPSA) is 46.3 Å². The van der Waals surface area contributed by atoms with Crippen molar-refractivity contribution in [2.45, 2.75) is 18.0 Å². The second kappa shape index (κ2) is 7.16. The predicted octanol–water partition coefficient (Wildman–Crippen LogP) is 3.30. The zero-order valence-electron chi connectivity index (χ0n) is 9.73. The van der Waals surface area contributed by atoms with Crippen LogP contribution in [0.3, 0.4) is 0 Å². The highest BCUT2D eigenvalue weighted by Crippen LogP contribution is 2.30. The van der Waals surface area contributed by atoms with E-state index in [1.54, 1.807) is 30.3 Å². The van der Waals surface area contributed by atoms with Crippen LogP contribution in [-0.4, -0.2) is 23.2 Å². The molecule has 106 valence electrons. The molecular weight excluding hydrogens is 345 g/mol. The van der Waals surface area contributed by atoms with Gasteiger partial charge in [-0.15, -0.1) is 0 Å². The molecule has 1 amide bonds. The Hall–Kier alpha value is -0.730. The summed E-state index contributed by atoms with van der Waals surface area (Å²) < 4.78 is 37.0. The number of hydrogen-bond acceptors (Lipinski definition) is 3. The molecule has 0 spiro atoms. The standard InChI is InChI=1S/C11H12BrF3N2OS/c12-17(8-4-2-1-3-5-8)10(18)9(16)6-7-19-11(13,14)15/h1-5,9H,6-7,16H2. The Morgan fingerprint density at radius 1 is 1.37 bits per heavy atom. The van der Waals surface area contributed by atoms with E-state index in [0.717, 1.165) is 3.93 Å². The number of alkyl halides is 3. The first-order valence-electron chi connectivity index (χ1n) is 5.32. The summed E-state index contributed by atoms with van der Waals surface area (Å²) in [5.74, 6) is -0.722. The van der Waals surface area contributed by atoms with Crippen molar-refractivity contribution in [3.8, 4) is 0 Å². The molecule has 0 fully saturated rings. The minimum absolute atomic E-state index is 0.0437. The van der Waals surface area contributed by atoms with E-state index in [4.69, 9.17) is 5.73 Å². The third kappa shape index (κ3) is 5.84. The number of thioether (sulfide) groups is 1. The summed E-state index contributed by atoms with van der Waals surface area (Å²) >= 11 is 2.88. The van der Waals surface area contributed by atoms with Crippen LogP contribution in [0.15, 0.2) is 30.3 Å². The van der Waals surface area contributed by atoms with Crippen LogP contribution in [0.2, 0.25) is 0 Å². The summed E-state index contributed by atoms with van der Waals surface area (Å²) in [6.45, 7) is 0. The summed E-state index contributed by atoms with van der Waals surface area (Å²) in [7, 11) is 0. The largest absolute Gasteiger partial charge is 0.441 e. The SMILES string of the molecule is NC(CCSC(F)(F)F)C(=O)N(Br)c1ccccc1. The monoisotopic (exact) mass is 356 g/mol. The predicted molar refractivity (Wildman–Crippen MR) is 74.0 cm³/mol. The molecule has 0 saturated carbocycles. The molecule has 0 aromatic heterocycles. The van der Waals surface area contributed by atoms with Gasteiger partial charge in [0.25, 0.3) is 5.91 Å². The summed E-state index contributed by atoms with van der Waals surface area (Å²) in [6.07, 6.45) is -0.0437. The molecule has 1 unspecified atom stereocenters. The number of anilines is 1. The molecular formula is C11H12BrF3N2OS. The van der Waals surface area contributed by atoms with Crippen LogP contribution in [-0.2, 0) is 4.79 Å². The second-order valence-electron chi connectivity index (χ2n) is 3.64. The molecule has 0 bridgehead atoms. The summed E-state index contributed by atoms with van der Waals surface area (Å²) in [4.78, 5) is 11.9. The van der Waals surface area contributed by atoms with Crippen LogP contribution in [0.1, 0.15) is 6.42 Å². The third-order valence-electron chi connectivity index (χ3n) is 2.19. The highest BCUT2D eigenvalue weighted by molar-refractivity contribution is 9.10. The fraction of sp³-hybridized carbons (Fsp3) is 0.364. The Labute approximate surface area is 121 Å². The van der Waals surface area contributed by atoms with E-state index in [1.807, 2.05) is 0 Å². The van der Waals surface area contributed by atoms with Crippen molar-refractivity contribution in [1.29, 1.82) is 0 Å². The van der Waals surface area contributed by atoms with Crippen LogP contribution in [0.4, 0.5) is 18.9 Å². The molecule has 8 heteroatoms. The zero-order valence-corrected chi connectivity index (χ0v) is 12.1. The number of carbonyl (C=O) groups excluding carboxylic acids is 1. The van der Waals surface area contributed by atoms with Crippen molar-refractivity contribution >= 4 is 39.5 Å². The maximum absolute atomic E-state index is 11.9. The fourth-order valence-corrected chi connectivity index (χ4v) is 2.36. The Morgan fingerprint density at radius 2 is 1.95 bits per heavy atom. The minimum atomic E-state index is -4.30. The van der Waals surface area contributed by atoms with Gasteiger partial charge in [0.15, 0.2) is 0 Å². The second-order valence-corrected chi connectivity index (χ2v) is 5.51. The average Bonchev–Trinajstić information content (AvgIpc) is 2.36. The van der Waals surface area contributed by atoms with Crippen LogP contribution < -0.4 is 9.66 Å². The van der Waals surface area contributed by atoms with E-state index in [2.05, 4.69) is 16.1 Å². The van der Waals surface area contributed by atoms with Gasteiger partial charge in [-0.2, -0.15) is 13.2 Å². The van der Waals surface area contributed by atoms with Crippen molar-refractivity contribution in [2.24, 2.45) is 5.73 Å². The number of halogens is 4. The van der Waals surface area contributed by atoms with Crippen molar-refractivity contribution < 1.29 is 18.0 Å². The molecule has 0 radical (unpaired) electrons. The van der Waals surface area contributed by atoms with Crippen molar-refractivity contribution in [2.75, 3.05) is 9.68 Å². The third-order valence-corrected chi connectivity index (χ3v) is 3.71. The lowest BCUT2D eigenvalue weighted by molar-refractivity contribution is -0.118. The van der Waals surface area contributed by atoms with Gasteiger partial charge < -0.3 is 5.73 Å². The number of amides is 1. The van der Waals surface area contributed by atoms with Crippen LogP contribution in [0.25, 0.3) is 0 Å². The highest BCUT2D eigenvalue weighted by Gasteiger charge is 2.29. The quantitative estimate of drug-likeness (QED) is 0.823.